The van der Waals surface area contributed by atoms with Crippen LogP contribution < -0.4 is 10.1 Å². The molecule has 0 aliphatic rings. The quantitative estimate of drug-likeness (QED) is 0.727. The maximum absolute atomic E-state index is 12.1. The monoisotopic (exact) mass is 243 g/mol. The molecule has 1 N–H and O–H groups in total. The molecule has 0 aromatic heterocycles. The number of alkyl halides is 2. The molecule has 0 aliphatic carbocycles. The normalized spacial score (nSPS) is 10.9. The largest absolute Gasteiger partial charge is 0.433 e. The van der Waals surface area contributed by atoms with Crippen molar-refractivity contribution in [1.29, 1.82) is 0 Å². The minimum absolute atomic E-state index is 0.201. The molecule has 0 fully saturated rings. The van der Waals surface area contributed by atoms with Crippen LogP contribution in [-0.4, -0.2) is 13.2 Å². The van der Waals surface area contributed by atoms with Gasteiger partial charge in [0.05, 0.1) is 5.69 Å². The number of rotatable bonds is 7. The van der Waals surface area contributed by atoms with Gasteiger partial charge in [0.1, 0.15) is 5.75 Å². The van der Waals surface area contributed by atoms with Gasteiger partial charge in [0, 0.05) is 6.54 Å². The standard InChI is InChI=1S/C13H19F2NO/c1-10(2)6-5-9-16-11-7-3-4-8-12(11)17-13(14)15/h3-4,7-8,10,13,16H,5-6,9H2,1-2H3. The second-order valence-electron chi connectivity index (χ2n) is 4.34. The van der Waals surface area contributed by atoms with Crippen LogP contribution in [-0.2, 0) is 0 Å². The highest BCUT2D eigenvalue weighted by Gasteiger charge is 2.08. The fraction of sp³-hybridized carbons (Fsp3) is 0.538. The maximum Gasteiger partial charge on any atom is 0.387 e. The van der Waals surface area contributed by atoms with Gasteiger partial charge < -0.3 is 10.1 Å². The van der Waals surface area contributed by atoms with Gasteiger partial charge in [-0.3, -0.25) is 0 Å². The number of hydrogen-bond acceptors (Lipinski definition) is 2. The highest BCUT2D eigenvalue weighted by molar-refractivity contribution is 5.56. The van der Waals surface area contributed by atoms with Crippen LogP contribution in [0, 0.1) is 5.92 Å². The molecule has 0 atom stereocenters. The van der Waals surface area contributed by atoms with Crippen LogP contribution in [0.2, 0.25) is 0 Å². The Morgan fingerprint density at radius 3 is 2.59 bits per heavy atom. The summed E-state index contributed by atoms with van der Waals surface area (Å²) in [5, 5.41) is 3.12. The first-order chi connectivity index (χ1) is 8.09. The Labute approximate surface area is 101 Å². The van der Waals surface area contributed by atoms with Crippen molar-refractivity contribution >= 4 is 5.69 Å². The molecule has 0 spiro atoms. The Morgan fingerprint density at radius 2 is 1.94 bits per heavy atom. The van der Waals surface area contributed by atoms with E-state index >= 15 is 0 Å². The molecular formula is C13H19F2NO. The van der Waals surface area contributed by atoms with Crippen molar-refractivity contribution in [2.45, 2.75) is 33.3 Å². The molecule has 1 aromatic rings. The van der Waals surface area contributed by atoms with E-state index in [9.17, 15) is 8.78 Å². The van der Waals surface area contributed by atoms with Gasteiger partial charge in [0.25, 0.3) is 0 Å². The summed E-state index contributed by atoms with van der Waals surface area (Å²) in [5.74, 6) is 0.858. The average molecular weight is 243 g/mol. The first-order valence-electron chi connectivity index (χ1n) is 5.87. The van der Waals surface area contributed by atoms with Crippen LogP contribution in [0.1, 0.15) is 26.7 Å². The summed E-state index contributed by atoms with van der Waals surface area (Å²) in [6.07, 6.45) is 2.13. The Hall–Kier alpha value is -1.32. The summed E-state index contributed by atoms with van der Waals surface area (Å²) in [4.78, 5) is 0. The van der Waals surface area contributed by atoms with Crippen molar-refractivity contribution in [3.8, 4) is 5.75 Å². The van der Waals surface area contributed by atoms with Gasteiger partial charge in [-0.25, -0.2) is 0 Å². The molecule has 0 unspecified atom stereocenters. The lowest BCUT2D eigenvalue weighted by Gasteiger charge is -2.12. The lowest BCUT2D eigenvalue weighted by molar-refractivity contribution is -0.0493. The molecule has 1 rings (SSSR count). The number of halogens is 2. The van der Waals surface area contributed by atoms with E-state index in [1.165, 1.54) is 6.07 Å². The number of benzene rings is 1. The predicted molar refractivity (Wildman–Crippen MR) is 65.6 cm³/mol. The molecule has 1 aromatic carbocycles. The van der Waals surface area contributed by atoms with E-state index in [2.05, 4.69) is 23.9 Å². The molecule has 96 valence electrons. The average Bonchev–Trinajstić information content (AvgIpc) is 2.25. The number of anilines is 1. The van der Waals surface area contributed by atoms with Gasteiger partial charge in [-0.2, -0.15) is 8.78 Å². The molecule has 17 heavy (non-hydrogen) atoms. The molecular weight excluding hydrogens is 224 g/mol. The van der Waals surface area contributed by atoms with Crippen LogP contribution in [0.4, 0.5) is 14.5 Å². The van der Waals surface area contributed by atoms with Crippen molar-refractivity contribution in [2.75, 3.05) is 11.9 Å². The molecule has 4 heteroatoms. The Bertz CT molecular complexity index is 329. The highest BCUT2D eigenvalue weighted by atomic mass is 19.3. The van der Waals surface area contributed by atoms with Gasteiger partial charge in [0.15, 0.2) is 0 Å². The molecule has 0 bridgehead atoms. The summed E-state index contributed by atoms with van der Waals surface area (Å²) in [6.45, 7) is 2.30. The van der Waals surface area contributed by atoms with E-state index in [0.29, 0.717) is 11.6 Å². The van der Waals surface area contributed by atoms with Crippen LogP contribution in [0.5, 0.6) is 5.75 Å². The summed E-state index contributed by atoms with van der Waals surface area (Å²) in [5.41, 5.74) is 0.622. The van der Waals surface area contributed by atoms with Gasteiger partial charge in [-0.1, -0.05) is 26.0 Å². The van der Waals surface area contributed by atoms with E-state index in [4.69, 9.17) is 0 Å². The second kappa shape index (κ2) is 7.09. The number of ether oxygens (including phenoxy) is 1. The lowest BCUT2D eigenvalue weighted by atomic mass is 10.1. The van der Waals surface area contributed by atoms with Gasteiger partial charge in [-0.15, -0.1) is 0 Å². The van der Waals surface area contributed by atoms with E-state index in [1.54, 1.807) is 18.2 Å². The first kappa shape index (κ1) is 13.7. The van der Waals surface area contributed by atoms with Crippen molar-refractivity contribution in [3.05, 3.63) is 24.3 Å². The third-order valence-corrected chi connectivity index (χ3v) is 2.38. The van der Waals surface area contributed by atoms with Crippen LogP contribution in [0.3, 0.4) is 0 Å². The van der Waals surface area contributed by atoms with E-state index in [-0.39, 0.29) is 5.75 Å². The highest BCUT2D eigenvalue weighted by Crippen LogP contribution is 2.25. The molecule has 0 saturated carbocycles. The van der Waals surface area contributed by atoms with E-state index in [1.807, 2.05) is 0 Å². The van der Waals surface area contributed by atoms with E-state index in [0.717, 1.165) is 19.4 Å². The molecule has 0 amide bonds. The fourth-order valence-corrected chi connectivity index (χ4v) is 1.54. The summed E-state index contributed by atoms with van der Waals surface area (Å²) < 4.78 is 28.7. The first-order valence-corrected chi connectivity index (χ1v) is 5.87. The zero-order valence-corrected chi connectivity index (χ0v) is 10.2. The SMILES string of the molecule is CC(C)CCCNc1ccccc1OC(F)F. The molecule has 0 radical (unpaired) electrons. The topological polar surface area (TPSA) is 21.3 Å². The Morgan fingerprint density at radius 1 is 1.24 bits per heavy atom. The minimum Gasteiger partial charge on any atom is -0.433 e. The molecule has 0 saturated heterocycles. The zero-order valence-electron chi connectivity index (χ0n) is 10.2. The van der Waals surface area contributed by atoms with E-state index < -0.39 is 6.61 Å². The number of para-hydroxylation sites is 2. The number of nitrogens with one attached hydrogen (secondary N) is 1. The predicted octanol–water partition coefficient (Wildman–Crippen LogP) is 4.14. The number of hydrogen-bond donors (Lipinski definition) is 1. The van der Waals surface area contributed by atoms with Crippen LogP contribution in [0.15, 0.2) is 24.3 Å². The van der Waals surface area contributed by atoms with Crippen LogP contribution >= 0.6 is 0 Å². The summed E-state index contributed by atoms with van der Waals surface area (Å²) in [7, 11) is 0. The van der Waals surface area contributed by atoms with Crippen molar-refractivity contribution in [1.82, 2.24) is 0 Å². The third-order valence-electron chi connectivity index (χ3n) is 2.38. The lowest BCUT2D eigenvalue weighted by Crippen LogP contribution is -2.07. The van der Waals surface area contributed by atoms with Gasteiger partial charge in [-0.05, 0) is 30.9 Å². The Balaban J connectivity index is 2.46. The Kier molecular flexibility index (Phi) is 5.73. The van der Waals surface area contributed by atoms with Gasteiger partial charge in [0.2, 0.25) is 0 Å². The zero-order chi connectivity index (χ0) is 12.7. The van der Waals surface area contributed by atoms with Gasteiger partial charge >= 0.3 is 6.61 Å². The smallest absolute Gasteiger partial charge is 0.387 e. The van der Waals surface area contributed by atoms with Crippen molar-refractivity contribution in [3.63, 3.8) is 0 Å². The van der Waals surface area contributed by atoms with Crippen molar-refractivity contribution < 1.29 is 13.5 Å². The maximum atomic E-state index is 12.1. The summed E-state index contributed by atoms with van der Waals surface area (Å²) in [6, 6.07) is 6.75. The second-order valence-corrected chi connectivity index (χ2v) is 4.34. The minimum atomic E-state index is -2.78. The van der Waals surface area contributed by atoms with Crippen LogP contribution in [0.25, 0.3) is 0 Å². The van der Waals surface area contributed by atoms with Crippen molar-refractivity contribution in [2.24, 2.45) is 5.92 Å². The molecule has 0 aliphatic heterocycles. The third kappa shape index (κ3) is 5.52. The molecule has 0 heterocycles. The molecule has 2 nitrogen and oxygen atoms in total. The fourth-order valence-electron chi connectivity index (χ4n) is 1.54. The summed E-state index contributed by atoms with van der Waals surface area (Å²) >= 11 is 0.